The second kappa shape index (κ2) is 5.02. The van der Waals surface area contributed by atoms with E-state index in [1.807, 2.05) is 36.4 Å². The Morgan fingerprint density at radius 1 is 1.00 bits per heavy atom. The van der Waals surface area contributed by atoms with Crippen molar-refractivity contribution in [3.63, 3.8) is 0 Å². The number of aliphatic imine (C=N–C) groups is 1. The summed E-state index contributed by atoms with van der Waals surface area (Å²) in [6, 6.07) is 18.2. The number of nitrogens with zero attached hydrogens (tertiary/aromatic N) is 2. The van der Waals surface area contributed by atoms with Crippen molar-refractivity contribution in [3.8, 4) is 0 Å². The molecule has 1 heterocycles. The van der Waals surface area contributed by atoms with Gasteiger partial charge in [-0.2, -0.15) is 0 Å². The number of benzene rings is 2. The highest BCUT2D eigenvalue weighted by molar-refractivity contribution is 5.65. The molecular formula is C15H14N2O. The highest BCUT2D eigenvalue weighted by Crippen LogP contribution is 2.23. The monoisotopic (exact) mass is 238 g/mol. The van der Waals surface area contributed by atoms with Gasteiger partial charge in [0.2, 0.25) is 0 Å². The molecule has 0 aromatic heterocycles. The quantitative estimate of drug-likeness (QED) is 0.819. The summed E-state index contributed by atoms with van der Waals surface area (Å²) in [6.45, 7) is 1.31. The van der Waals surface area contributed by atoms with E-state index in [0.29, 0.717) is 6.61 Å². The van der Waals surface area contributed by atoms with Gasteiger partial charge in [0, 0.05) is 0 Å². The Kier molecular flexibility index (Phi) is 3.07. The van der Waals surface area contributed by atoms with E-state index in [2.05, 4.69) is 23.2 Å². The van der Waals surface area contributed by atoms with Crippen LogP contribution >= 0.6 is 0 Å². The average Bonchev–Trinajstić information content (AvgIpc) is 2.46. The summed E-state index contributed by atoms with van der Waals surface area (Å²) in [5, 5.41) is 1.77. The molecule has 0 fully saturated rings. The fourth-order valence-corrected chi connectivity index (χ4v) is 1.92. The molecule has 1 aliphatic heterocycles. The Morgan fingerprint density at radius 2 is 1.78 bits per heavy atom. The summed E-state index contributed by atoms with van der Waals surface area (Å²) < 4.78 is 0. The first-order chi connectivity index (χ1) is 8.92. The van der Waals surface area contributed by atoms with E-state index in [1.165, 1.54) is 5.56 Å². The van der Waals surface area contributed by atoms with E-state index in [9.17, 15) is 0 Å². The topological polar surface area (TPSA) is 24.8 Å². The first-order valence-corrected chi connectivity index (χ1v) is 5.97. The number of fused-ring (bicyclic) bond motifs is 1. The maximum absolute atomic E-state index is 5.71. The summed E-state index contributed by atoms with van der Waals surface area (Å²) in [5.41, 5.74) is 3.37. The van der Waals surface area contributed by atoms with Gasteiger partial charge in [-0.1, -0.05) is 48.5 Å². The van der Waals surface area contributed by atoms with Crippen molar-refractivity contribution >= 4 is 12.0 Å². The highest BCUT2D eigenvalue weighted by atomic mass is 16.7. The smallest absolute Gasteiger partial charge is 0.117 e. The molecule has 1 aliphatic rings. The molecule has 0 spiro atoms. The SMILES string of the molecule is C1=Nc2ccccc2CN1OCc1ccccc1. The van der Waals surface area contributed by atoms with E-state index in [-0.39, 0.29) is 0 Å². The van der Waals surface area contributed by atoms with Crippen LogP contribution in [-0.2, 0) is 18.0 Å². The number of rotatable bonds is 3. The lowest BCUT2D eigenvalue weighted by molar-refractivity contribution is -0.114. The zero-order valence-electron chi connectivity index (χ0n) is 9.99. The van der Waals surface area contributed by atoms with Crippen LogP contribution in [0.25, 0.3) is 0 Å². The summed E-state index contributed by atoms with van der Waals surface area (Å²) in [4.78, 5) is 10.1. The molecule has 0 saturated heterocycles. The lowest BCUT2D eigenvalue weighted by Crippen LogP contribution is -2.24. The fraction of sp³-hybridized carbons (Fsp3) is 0.133. The third-order valence-electron chi connectivity index (χ3n) is 2.88. The van der Waals surface area contributed by atoms with Crippen LogP contribution in [-0.4, -0.2) is 11.4 Å². The Hall–Kier alpha value is -2.13. The third-order valence-corrected chi connectivity index (χ3v) is 2.88. The Morgan fingerprint density at radius 3 is 2.67 bits per heavy atom. The largest absolute Gasteiger partial charge is 0.267 e. The maximum Gasteiger partial charge on any atom is 0.117 e. The van der Waals surface area contributed by atoms with Crippen LogP contribution in [0.1, 0.15) is 11.1 Å². The molecule has 3 rings (SSSR count). The minimum Gasteiger partial charge on any atom is -0.267 e. The first kappa shape index (κ1) is 11.0. The lowest BCUT2D eigenvalue weighted by Gasteiger charge is -2.23. The van der Waals surface area contributed by atoms with Gasteiger partial charge in [-0.15, -0.1) is 0 Å². The first-order valence-electron chi connectivity index (χ1n) is 5.97. The van der Waals surface area contributed by atoms with Crippen molar-refractivity contribution in [2.75, 3.05) is 0 Å². The molecule has 0 amide bonds. The highest BCUT2D eigenvalue weighted by Gasteiger charge is 2.11. The molecule has 0 saturated carbocycles. The second-order valence-corrected chi connectivity index (χ2v) is 4.21. The molecule has 2 aromatic carbocycles. The Balaban J connectivity index is 1.64. The number of hydrogen-bond donors (Lipinski definition) is 0. The van der Waals surface area contributed by atoms with Gasteiger partial charge in [-0.3, -0.25) is 4.84 Å². The molecule has 0 unspecified atom stereocenters. The van der Waals surface area contributed by atoms with Gasteiger partial charge >= 0.3 is 0 Å². The predicted octanol–water partition coefficient (Wildman–Crippen LogP) is 3.29. The summed E-state index contributed by atoms with van der Waals surface area (Å²) >= 11 is 0. The normalized spacial score (nSPS) is 13.4. The zero-order chi connectivity index (χ0) is 12.2. The van der Waals surface area contributed by atoms with Crippen LogP contribution < -0.4 is 0 Å². The van der Waals surface area contributed by atoms with Crippen molar-refractivity contribution in [3.05, 3.63) is 65.7 Å². The van der Waals surface area contributed by atoms with Gasteiger partial charge in [0.05, 0.1) is 18.8 Å². The van der Waals surface area contributed by atoms with Gasteiger partial charge in [0.15, 0.2) is 0 Å². The predicted molar refractivity (Wildman–Crippen MR) is 71.4 cm³/mol. The molecule has 2 aromatic rings. The average molecular weight is 238 g/mol. The summed E-state index contributed by atoms with van der Waals surface area (Å²) in [6.07, 6.45) is 1.74. The molecule has 0 atom stereocenters. The van der Waals surface area contributed by atoms with E-state index in [1.54, 1.807) is 11.4 Å². The molecule has 3 nitrogen and oxygen atoms in total. The van der Waals surface area contributed by atoms with E-state index >= 15 is 0 Å². The van der Waals surface area contributed by atoms with Crippen molar-refractivity contribution < 1.29 is 4.84 Å². The van der Waals surface area contributed by atoms with Gasteiger partial charge in [0.25, 0.3) is 0 Å². The Bertz CT molecular complexity index is 551. The number of hydrogen-bond acceptors (Lipinski definition) is 3. The molecule has 3 heteroatoms. The third kappa shape index (κ3) is 2.41. The second-order valence-electron chi connectivity index (χ2n) is 4.21. The standard InChI is InChI=1S/C15H14N2O/c1-2-6-13(7-3-1)11-18-17-10-14-8-4-5-9-15(14)16-12-17/h1-9,12H,10-11H2. The van der Waals surface area contributed by atoms with Gasteiger partial charge in [-0.05, 0) is 17.2 Å². The molecule has 0 aliphatic carbocycles. The molecule has 90 valence electrons. The molecule has 0 N–H and O–H groups in total. The van der Waals surface area contributed by atoms with Gasteiger partial charge < -0.3 is 0 Å². The Labute approximate surface area is 106 Å². The van der Waals surface area contributed by atoms with Crippen LogP contribution in [0.5, 0.6) is 0 Å². The van der Waals surface area contributed by atoms with Crippen molar-refractivity contribution in [2.45, 2.75) is 13.2 Å². The summed E-state index contributed by atoms with van der Waals surface area (Å²) in [5.74, 6) is 0. The van der Waals surface area contributed by atoms with Crippen LogP contribution in [0.3, 0.4) is 0 Å². The van der Waals surface area contributed by atoms with Crippen molar-refractivity contribution in [2.24, 2.45) is 4.99 Å². The minimum absolute atomic E-state index is 0.565. The van der Waals surface area contributed by atoms with Gasteiger partial charge in [0.1, 0.15) is 6.34 Å². The van der Waals surface area contributed by atoms with Crippen LogP contribution in [0.4, 0.5) is 5.69 Å². The fourth-order valence-electron chi connectivity index (χ4n) is 1.92. The number of para-hydroxylation sites is 1. The lowest BCUT2D eigenvalue weighted by atomic mass is 10.1. The summed E-state index contributed by atoms with van der Waals surface area (Å²) in [7, 11) is 0. The molecular weight excluding hydrogens is 224 g/mol. The van der Waals surface area contributed by atoms with Gasteiger partial charge in [-0.25, -0.2) is 10.1 Å². The molecule has 18 heavy (non-hydrogen) atoms. The van der Waals surface area contributed by atoms with E-state index in [4.69, 9.17) is 4.84 Å². The van der Waals surface area contributed by atoms with Crippen molar-refractivity contribution in [1.82, 2.24) is 5.06 Å². The van der Waals surface area contributed by atoms with Crippen LogP contribution in [0, 0.1) is 0 Å². The minimum atomic E-state index is 0.565. The molecule has 0 bridgehead atoms. The molecule has 0 radical (unpaired) electrons. The zero-order valence-corrected chi connectivity index (χ0v) is 9.99. The van der Waals surface area contributed by atoms with E-state index in [0.717, 1.165) is 17.8 Å². The van der Waals surface area contributed by atoms with Crippen molar-refractivity contribution in [1.29, 1.82) is 0 Å². The van der Waals surface area contributed by atoms with Crippen LogP contribution in [0.15, 0.2) is 59.6 Å². The van der Waals surface area contributed by atoms with Crippen LogP contribution in [0.2, 0.25) is 0 Å². The van der Waals surface area contributed by atoms with E-state index < -0.39 is 0 Å². The maximum atomic E-state index is 5.71. The number of hydroxylamine groups is 2.